The van der Waals surface area contributed by atoms with E-state index in [1.54, 1.807) is 6.08 Å². The van der Waals surface area contributed by atoms with E-state index in [4.69, 9.17) is 0 Å². The zero-order chi connectivity index (χ0) is 8.74. The lowest BCUT2D eigenvalue weighted by atomic mass is 10.3. The fourth-order valence-corrected chi connectivity index (χ4v) is 2.07. The average Bonchev–Trinajstić information content (AvgIpc) is 1.87. The first-order valence-corrected chi connectivity index (χ1v) is 6.03. The summed E-state index contributed by atoms with van der Waals surface area (Å²) in [6.45, 7) is 3.96. The first-order valence-electron chi connectivity index (χ1n) is 4.11. The fraction of sp³-hybridized carbons (Fsp3) is 0.750. The van der Waals surface area contributed by atoms with Crippen LogP contribution in [0.1, 0.15) is 33.1 Å². The van der Waals surface area contributed by atoms with Gasteiger partial charge in [0, 0.05) is 6.16 Å². The van der Waals surface area contributed by atoms with E-state index in [1.807, 2.05) is 13.8 Å². The Kier molecular flexibility index (Phi) is 5.53. The van der Waals surface area contributed by atoms with Crippen LogP contribution < -0.4 is 0 Å². The van der Waals surface area contributed by atoms with Crippen molar-refractivity contribution in [1.82, 2.24) is 0 Å². The Bertz CT molecular complexity index is 163. The van der Waals surface area contributed by atoms with E-state index in [0.717, 1.165) is 19.3 Å². The first-order chi connectivity index (χ1) is 5.12. The van der Waals surface area contributed by atoms with Crippen LogP contribution in [0, 0.1) is 0 Å². The van der Waals surface area contributed by atoms with Crippen LogP contribution >= 0.6 is 7.37 Å². The van der Waals surface area contributed by atoms with Crippen LogP contribution in [-0.2, 0) is 4.57 Å². The molecule has 0 bridgehead atoms. The molecular formula is C8H17O2P. The molecule has 1 atom stereocenters. The summed E-state index contributed by atoms with van der Waals surface area (Å²) in [5.74, 6) is 1.47. The number of hydrogen-bond acceptors (Lipinski definition) is 1. The maximum atomic E-state index is 11.2. The summed E-state index contributed by atoms with van der Waals surface area (Å²) >= 11 is 0. The van der Waals surface area contributed by atoms with Crippen molar-refractivity contribution in [2.75, 3.05) is 6.16 Å². The number of unbranched alkanes of at least 4 members (excludes halogenated alkanes) is 1. The molecule has 1 N–H and O–H groups in total. The molecule has 0 aromatic carbocycles. The molecule has 0 radical (unpaired) electrons. The highest BCUT2D eigenvalue weighted by molar-refractivity contribution is 7.61. The number of hydrogen-bond donors (Lipinski definition) is 1. The van der Waals surface area contributed by atoms with E-state index < -0.39 is 7.37 Å². The Morgan fingerprint density at radius 3 is 2.45 bits per heavy atom. The molecule has 0 amide bonds. The van der Waals surface area contributed by atoms with E-state index in [9.17, 15) is 9.46 Å². The smallest absolute Gasteiger partial charge is 0.222 e. The molecule has 66 valence electrons. The van der Waals surface area contributed by atoms with Crippen LogP contribution in [0.25, 0.3) is 0 Å². The van der Waals surface area contributed by atoms with Crippen LogP contribution in [0.5, 0.6) is 0 Å². The summed E-state index contributed by atoms with van der Waals surface area (Å²) in [4.78, 5) is 9.21. The van der Waals surface area contributed by atoms with Gasteiger partial charge in [-0.25, -0.2) is 0 Å². The quantitative estimate of drug-likeness (QED) is 0.654. The molecule has 11 heavy (non-hydrogen) atoms. The summed E-state index contributed by atoms with van der Waals surface area (Å²) < 4.78 is 11.2. The number of rotatable bonds is 5. The predicted molar refractivity (Wildman–Crippen MR) is 49.0 cm³/mol. The van der Waals surface area contributed by atoms with Gasteiger partial charge >= 0.3 is 0 Å². The molecule has 0 aliphatic heterocycles. The maximum absolute atomic E-state index is 11.2. The van der Waals surface area contributed by atoms with Crippen molar-refractivity contribution in [3.05, 3.63) is 11.9 Å². The van der Waals surface area contributed by atoms with Gasteiger partial charge in [0.15, 0.2) is 0 Å². The molecule has 0 aromatic rings. The fourth-order valence-electron chi connectivity index (χ4n) is 0.801. The Morgan fingerprint density at radius 2 is 2.00 bits per heavy atom. The van der Waals surface area contributed by atoms with Crippen molar-refractivity contribution in [2.24, 2.45) is 0 Å². The van der Waals surface area contributed by atoms with E-state index >= 15 is 0 Å². The lowest BCUT2D eigenvalue weighted by Crippen LogP contribution is -1.81. The van der Waals surface area contributed by atoms with E-state index in [1.165, 1.54) is 5.82 Å². The maximum Gasteiger partial charge on any atom is 0.222 e. The van der Waals surface area contributed by atoms with Gasteiger partial charge in [-0.1, -0.05) is 26.3 Å². The molecule has 1 unspecified atom stereocenters. The standard InChI is InChI=1S/C8H17O2P/c1-3-5-6-8-11(9,10)7-4-2/h6,8H,3-5,7H2,1-2H3,(H,9,10). The van der Waals surface area contributed by atoms with Gasteiger partial charge in [0.2, 0.25) is 7.37 Å². The van der Waals surface area contributed by atoms with Crippen LogP contribution in [0.2, 0.25) is 0 Å². The van der Waals surface area contributed by atoms with Gasteiger partial charge in [0.1, 0.15) is 0 Å². The zero-order valence-electron chi connectivity index (χ0n) is 7.29. The summed E-state index contributed by atoms with van der Waals surface area (Å²) in [5, 5.41) is 0. The molecule has 0 rings (SSSR count). The van der Waals surface area contributed by atoms with Crippen molar-refractivity contribution in [1.29, 1.82) is 0 Å². The van der Waals surface area contributed by atoms with Gasteiger partial charge in [0.05, 0.1) is 0 Å². The summed E-state index contributed by atoms with van der Waals surface area (Å²) in [5.41, 5.74) is 0. The Balaban J connectivity index is 3.80. The Morgan fingerprint density at radius 1 is 1.36 bits per heavy atom. The van der Waals surface area contributed by atoms with Gasteiger partial charge < -0.3 is 4.89 Å². The summed E-state index contributed by atoms with van der Waals surface area (Å²) in [6, 6.07) is 0. The Hall–Kier alpha value is -0.0700. The molecule has 0 spiro atoms. The first kappa shape index (κ1) is 10.9. The summed E-state index contributed by atoms with van der Waals surface area (Å²) in [6.07, 6.45) is 4.91. The lowest BCUT2D eigenvalue weighted by Gasteiger charge is -2.02. The predicted octanol–water partition coefficient (Wildman–Crippen LogP) is 2.98. The molecule has 0 saturated carbocycles. The SMILES string of the molecule is CCCC=CP(=O)(O)CCC. The van der Waals surface area contributed by atoms with Gasteiger partial charge in [-0.15, -0.1) is 0 Å². The van der Waals surface area contributed by atoms with Gasteiger partial charge in [0.25, 0.3) is 0 Å². The Labute approximate surface area is 68.8 Å². The van der Waals surface area contributed by atoms with Crippen molar-refractivity contribution in [3.8, 4) is 0 Å². The molecule has 0 aliphatic carbocycles. The van der Waals surface area contributed by atoms with Crippen LogP contribution in [0.3, 0.4) is 0 Å². The second-order valence-electron chi connectivity index (χ2n) is 2.65. The minimum atomic E-state index is -2.90. The van der Waals surface area contributed by atoms with Gasteiger partial charge in [-0.2, -0.15) is 0 Å². The van der Waals surface area contributed by atoms with E-state index in [0.29, 0.717) is 6.16 Å². The average molecular weight is 176 g/mol. The van der Waals surface area contributed by atoms with Crippen molar-refractivity contribution < 1.29 is 9.46 Å². The van der Waals surface area contributed by atoms with Crippen molar-refractivity contribution >= 4 is 7.37 Å². The monoisotopic (exact) mass is 176 g/mol. The zero-order valence-corrected chi connectivity index (χ0v) is 8.18. The molecule has 2 nitrogen and oxygen atoms in total. The van der Waals surface area contributed by atoms with Crippen molar-refractivity contribution in [3.63, 3.8) is 0 Å². The van der Waals surface area contributed by atoms with Crippen LogP contribution in [0.15, 0.2) is 11.9 Å². The van der Waals surface area contributed by atoms with Gasteiger partial charge in [-0.05, 0) is 18.7 Å². The highest BCUT2D eigenvalue weighted by Crippen LogP contribution is 2.42. The third kappa shape index (κ3) is 6.33. The highest BCUT2D eigenvalue weighted by atomic mass is 31.2. The second kappa shape index (κ2) is 5.56. The topological polar surface area (TPSA) is 37.3 Å². The normalized spacial score (nSPS) is 17.0. The second-order valence-corrected chi connectivity index (χ2v) is 4.91. The van der Waals surface area contributed by atoms with Crippen LogP contribution in [-0.4, -0.2) is 11.1 Å². The minimum absolute atomic E-state index is 0.410. The van der Waals surface area contributed by atoms with E-state index in [2.05, 4.69) is 0 Å². The molecule has 0 fully saturated rings. The molecule has 0 aromatic heterocycles. The van der Waals surface area contributed by atoms with E-state index in [-0.39, 0.29) is 0 Å². The third-order valence-corrected chi connectivity index (χ3v) is 3.10. The van der Waals surface area contributed by atoms with Crippen LogP contribution in [0.4, 0.5) is 0 Å². The molecular weight excluding hydrogens is 159 g/mol. The number of allylic oxidation sites excluding steroid dienone is 1. The lowest BCUT2D eigenvalue weighted by molar-refractivity contribution is 0.487. The minimum Gasteiger partial charge on any atom is -0.341 e. The van der Waals surface area contributed by atoms with Gasteiger partial charge in [-0.3, -0.25) is 4.57 Å². The molecule has 0 saturated heterocycles. The molecule has 3 heteroatoms. The molecule has 0 heterocycles. The largest absolute Gasteiger partial charge is 0.341 e. The third-order valence-electron chi connectivity index (χ3n) is 1.34. The summed E-state index contributed by atoms with van der Waals surface area (Å²) in [7, 11) is -2.90. The highest BCUT2D eigenvalue weighted by Gasteiger charge is 2.10. The van der Waals surface area contributed by atoms with Crippen molar-refractivity contribution in [2.45, 2.75) is 33.1 Å². The molecule has 0 aliphatic rings.